The zero-order valence-electron chi connectivity index (χ0n) is 16.0. The van der Waals surface area contributed by atoms with Crippen LogP contribution in [0, 0.1) is 5.92 Å². The fourth-order valence-corrected chi connectivity index (χ4v) is 3.69. The third-order valence-electron chi connectivity index (χ3n) is 5.24. The van der Waals surface area contributed by atoms with E-state index in [1.807, 2.05) is 59.4 Å². The van der Waals surface area contributed by atoms with Gasteiger partial charge in [0.1, 0.15) is 5.69 Å². The Hall–Kier alpha value is -2.92. The van der Waals surface area contributed by atoms with Crippen molar-refractivity contribution in [2.75, 3.05) is 19.6 Å². The van der Waals surface area contributed by atoms with Crippen LogP contribution >= 0.6 is 0 Å². The molecule has 1 atom stereocenters. The van der Waals surface area contributed by atoms with Crippen LogP contribution in [0.1, 0.15) is 28.8 Å². The SMILES string of the molecule is O=C(NCCC1CCNC1)c1cn(Cc2ccccc2)nc1-c1ccccc1. The second-order valence-electron chi connectivity index (χ2n) is 7.34. The predicted octanol–water partition coefficient (Wildman–Crippen LogP) is 3.33. The average Bonchev–Trinajstić information content (AvgIpc) is 3.39. The molecule has 0 aliphatic carbocycles. The van der Waals surface area contributed by atoms with Crippen molar-refractivity contribution in [1.82, 2.24) is 20.4 Å². The summed E-state index contributed by atoms with van der Waals surface area (Å²) in [5.74, 6) is 0.610. The number of nitrogens with one attached hydrogen (secondary N) is 2. The average molecular weight is 374 g/mol. The lowest BCUT2D eigenvalue weighted by molar-refractivity contribution is 0.0952. The number of hydrogen-bond donors (Lipinski definition) is 2. The van der Waals surface area contributed by atoms with Crippen LogP contribution in [-0.2, 0) is 6.54 Å². The molecule has 0 bridgehead atoms. The first-order valence-corrected chi connectivity index (χ1v) is 9.95. The highest BCUT2D eigenvalue weighted by molar-refractivity contribution is 5.99. The molecule has 4 rings (SSSR count). The second-order valence-corrected chi connectivity index (χ2v) is 7.34. The van der Waals surface area contributed by atoms with Crippen LogP contribution in [0.3, 0.4) is 0 Å². The van der Waals surface area contributed by atoms with Gasteiger partial charge in [-0.05, 0) is 37.4 Å². The minimum absolute atomic E-state index is 0.0517. The van der Waals surface area contributed by atoms with Crippen LogP contribution < -0.4 is 10.6 Å². The van der Waals surface area contributed by atoms with E-state index in [1.165, 1.54) is 6.42 Å². The van der Waals surface area contributed by atoms with E-state index in [2.05, 4.69) is 22.8 Å². The van der Waals surface area contributed by atoms with Crippen molar-refractivity contribution in [3.63, 3.8) is 0 Å². The second kappa shape index (κ2) is 8.85. The molecule has 3 aromatic rings. The highest BCUT2D eigenvalue weighted by Gasteiger charge is 2.19. The summed E-state index contributed by atoms with van der Waals surface area (Å²) in [5.41, 5.74) is 3.48. The molecule has 0 radical (unpaired) electrons. The van der Waals surface area contributed by atoms with Crippen LogP contribution in [0.15, 0.2) is 66.9 Å². The number of nitrogens with zero attached hydrogens (tertiary/aromatic N) is 2. The van der Waals surface area contributed by atoms with Gasteiger partial charge in [-0.15, -0.1) is 0 Å². The first-order chi connectivity index (χ1) is 13.8. The number of rotatable bonds is 7. The monoisotopic (exact) mass is 374 g/mol. The minimum atomic E-state index is -0.0517. The van der Waals surface area contributed by atoms with Crippen LogP contribution in [0.5, 0.6) is 0 Å². The molecule has 28 heavy (non-hydrogen) atoms. The summed E-state index contributed by atoms with van der Waals surface area (Å²) < 4.78 is 1.85. The maximum absolute atomic E-state index is 12.9. The minimum Gasteiger partial charge on any atom is -0.352 e. The predicted molar refractivity (Wildman–Crippen MR) is 111 cm³/mol. The zero-order valence-corrected chi connectivity index (χ0v) is 16.0. The number of amides is 1. The van der Waals surface area contributed by atoms with Crippen LogP contribution in [0.4, 0.5) is 0 Å². The molecule has 1 aromatic heterocycles. The standard InChI is InChI=1S/C23H26N4O/c28-23(25-14-12-18-11-13-24-15-18)21-17-27(16-19-7-3-1-4-8-19)26-22(21)20-9-5-2-6-10-20/h1-10,17-18,24H,11-16H2,(H,25,28). The zero-order chi connectivity index (χ0) is 19.2. The van der Waals surface area contributed by atoms with Gasteiger partial charge >= 0.3 is 0 Å². The summed E-state index contributed by atoms with van der Waals surface area (Å²) >= 11 is 0. The third kappa shape index (κ3) is 4.49. The van der Waals surface area contributed by atoms with Gasteiger partial charge in [-0.1, -0.05) is 60.7 Å². The van der Waals surface area contributed by atoms with Crippen molar-refractivity contribution in [2.45, 2.75) is 19.4 Å². The molecule has 5 heteroatoms. The topological polar surface area (TPSA) is 59.0 Å². The maximum atomic E-state index is 12.9. The summed E-state index contributed by atoms with van der Waals surface area (Å²) in [6.07, 6.45) is 4.07. The summed E-state index contributed by atoms with van der Waals surface area (Å²) in [6, 6.07) is 20.1. The Morgan fingerprint density at radius 2 is 1.86 bits per heavy atom. The molecule has 2 heterocycles. The van der Waals surface area contributed by atoms with Gasteiger partial charge < -0.3 is 10.6 Å². The lowest BCUT2D eigenvalue weighted by atomic mass is 10.0. The molecule has 144 valence electrons. The number of aromatic nitrogens is 2. The molecule has 0 saturated carbocycles. The van der Waals surface area contributed by atoms with Crippen LogP contribution in [-0.4, -0.2) is 35.3 Å². The van der Waals surface area contributed by atoms with E-state index in [0.29, 0.717) is 24.6 Å². The van der Waals surface area contributed by atoms with Gasteiger partial charge in [-0.25, -0.2) is 0 Å². The van der Waals surface area contributed by atoms with Gasteiger partial charge in [-0.3, -0.25) is 9.48 Å². The number of carbonyl (C=O) groups excluding carboxylic acids is 1. The summed E-state index contributed by atoms with van der Waals surface area (Å²) in [4.78, 5) is 12.9. The number of hydrogen-bond acceptors (Lipinski definition) is 3. The molecule has 5 nitrogen and oxygen atoms in total. The molecule has 2 aromatic carbocycles. The van der Waals surface area contributed by atoms with Crippen molar-refractivity contribution in [3.05, 3.63) is 78.0 Å². The Morgan fingerprint density at radius 1 is 1.11 bits per heavy atom. The fourth-order valence-electron chi connectivity index (χ4n) is 3.69. The number of carbonyl (C=O) groups is 1. The van der Waals surface area contributed by atoms with Gasteiger partial charge in [0, 0.05) is 18.3 Å². The van der Waals surface area contributed by atoms with Gasteiger partial charge in [0.2, 0.25) is 0 Å². The highest BCUT2D eigenvalue weighted by Crippen LogP contribution is 2.22. The van der Waals surface area contributed by atoms with Crippen molar-refractivity contribution >= 4 is 5.91 Å². The maximum Gasteiger partial charge on any atom is 0.255 e. The largest absolute Gasteiger partial charge is 0.352 e. The Balaban J connectivity index is 1.52. The molecule has 0 spiro atoms. The van der Waals surface area contributed by atoms with Crippen LogP contribution in [0.2, 0.25) is 0 Å². The van der Waals surface area contributed by atoms with Crippen LogP contribution in [0.25, 0.3) is 11.3 Å². The Bertz CT molecular complexity index is 899. The van der Waals surface area contributed by atoms with E-state index >= 15 is 0 Å². The lowest BCUT2D eigenvalue weighted by Crippen LogP contribution is -2.26. The van der Waals surface area contributed by atoms with Crippen molar-refractivity contribution in [3.8, 4) is 11.3 Å². The Morgan fingerprint density at radius 3 is 2.57 bits per heavy atom. The summed E-state index contributed by atoms with van der Waals surface area (Å²) in [5, 5.41) is 11.2. The van der Waals surface area contributed by atoms with Gasteiger partial charge in [-0.2, -0.15) is 5.10 Å². The van der Waals surface area contributed by atoms with E-state index in [1.54, 1.807) is 0 Å². The molecule has 1 fully saturated rings. The van der Waals surface area contributed by atoms with Gasteiger partial charge in [0.15, 0.2) is 0 Å². The molecule has 1 amide bonds. The molecule has 1 saturated heterocycles. The molecule has 1 aliphatic rings. The van der Waals surface area contributed by atoms with Crippen molar-refractivity contribution in [2.24, 2.45) is 5.92 Å². The van der Waals surface area contributed by atoms with E-state index in [9.17, 15) is 4.79 Å². The van der Waals surface area contributed by atoms with Gasteiger partial charge in [0.05, 0.1) is 12.1 Å². The van der Waals surface area contributed by atoms with E-state index < -0.39 is 0 Å². The quantitative estimate of drug-likeness (QED) is 0.667. The van der Waals surface area contributed by atoms with E-state index in [-0.39, 0.29) is 5.91 Å². The first kappa shape index (κ1) is 18.4. The lowest BCUT2D eigenvalue weighted by Gasteiger charge is -2.09. The van der Waals surface area contributed by atoms with Gasteiger partial charge in [0.25, 0.3) is 5.91 Å². The van der Waals surface area contributed by atoms with E-state index in [0.717, 1.165) is 36.3 Å². The summed E-state index contributed by atoms with van der Waals surface area (Å²) in [6.45, 7) is 3.48. The normalized spacial score (nSPS) is 16.2. The molecule has 1 aliphatic heterocycles. The van der Waals surface area contributed by atoms with Crippen molar-refractivity contribution in [1.29, 1.82) is 0 Å². The number of benzene rings is 2. The molecular formula is C23H26N4O. The smallest absolute Gasteiger partial charge is 0.255 e. The molecule has 2 N–H and O–H groups in total. The van der Waals surface area contributed by atoms with Crippen molar-refractivity contribution < 1.29 is 4.79 Å². The Labute approximate surface area is 165 Å². The molecular weight excluding hydrogens is 348 g/mol. The highest BCUT2D eigenvalue weighted by atomic mass is 16.1. The van der Waals surface area contributed by atoms with E-state index in [4.69, 9.17) is 5.10 Å². The molecule has 1 unspecified atom stereocenters. The summed E-state index contributed by atoms with van der Waals surface area (Å²) in [7, 11) is 0. The fraction of sp³-hybridized carbons (Fsp3) is 0.304. The Kier molecular flexibility index (Phi) is 5.83. The third-order valence-corrected chi connectivity index (χ3v) is 5.24. The first-order valence-electron chi connectivity index (χ1n) is 9.95.